The minimum atomic E-state index is 0.646. The number of rotatable bonds is 2. The summed E-state index contributed by atoms with van der Waals surface area (Å²) < 4.78 is 5.06. The van der Waals surface area contributed by atoms with Crippen LogP contribution < -0.4 is 10.6 Å². The molecule has 1 rings (SSSR count). The minimum Gasteiger partial charge on any atom is -0.384 e. The molecule has 3 nitrogen and oxygen atoms in total. The second-order valence-electron chi connectivity index (χ2n) is 2.73. The number of ether oxygens (including phenoxy) is 1. The number of nitrogens with one attached hydrogen (secondary N) is 2. The molecular formula is C7H16N2O. The lowest BCUT2D eigenvalue weighted by Gasteiger charge is -2.11. The zero-order valence-corrected chi connectivity index (χ0v) is 6.52. The lowest BCUT2D eigenvalue weighted by atomic mass is 10.1. The molecule has 1 aliphatic rings. The van der Waals surface area contributed by atoms with Crippen LogP contribution >= 0.6 is 0 Å². The first kappa shape index (κ1) is 7.98. The van der Waals surface area contributed by atoms with Crippen LogP contribution in [0.2, 0.25) is 0 Å². The maximum atomic E-state index is 5.06. The summed E-state index contributed by atoms with van der Waals surface area (Å²) in [5.41, 5.74) is 0. The standard InChI is InChI=1S/C7H16N2O/c1-10-6-7-4-8-2-3-9-5-7/h7-9H,2-6H2,1H3. The quantitative estimate of drug-likeness (QED) is 0.545. The Morgan fingerprint density at radius 3 is 2.40 bits per heavy atom. The summed E-state index contributed by atoms with van der Waals surface area (Å²) >= 11 is 0. The molecule has 0 aromatic rings. The molecule has 1 aliphatic heterocycles. The predicted molar refractivity (Wildman–Crippen MR) is 41.1 cm³/mol. The zero-order chi connectivity index (χ0) is 7.23. The molecule has 2 N–H and O–H groups in total. The van der Waals surface area contributed by atoms with E-state index in [2.05, 4.69) is 10.6 Å². The summed E-state index contributed by atoms with van der Waals surface area (Å²) in [5.74, 6) is 0.646. The summed E-state index contributed by atoms with van der Waals surface area (Å²) in [4.78, 5) is 0. The van der Waals surface area contributed by atoms with Gasteiger partial charge in [-0.2, -0.15) is 0 Å². The maximum Gasteiger partial charge on any atom is 0.0514 e. The molecule has 60 valence electrons. The molecule has 0 unspecified atom stereocenters. The van der Waals surface area contributed by atoms with Gasteiger partial charge in [-0.3, -0.25) is 0 Å². The van der Waals surface area contributed by atoms with Gasteiger partial charge in [0.1, 0.15) is 0 Å². The van der Waals surface area contributed by atoms with E-state index in [1.54, 1.807) is 7.11 Å². The van der Waals surface area contributed by atoms with Crippen LogP contribution in [-0.4, -0.2) is 39.9 Å². The highest BCUT2D eigenvalue weighted by atomic mass is 16.5. The van der Waals surface area contributed by atoms with Gasteiger partial charge in [0.2, 0.25) is 0 Å². The lowest BCUT2D eigenvalue weighted by molar-refractivity contribution is 0.154. The molecule has 3 heteroatoms. The highest BCUT2D eigenvalue weighted by Gasteiger charge is 2.09. The molecule has 0 aliphatic carbocycles. The van der Waals surface area contributed by atoms with Crippen LogP contribution in [0.4, 0.5) is 0 Å². The van der Waals surface area contributed by atoms with Crippen LogP contribution in [0.25, 0.3) is 0 Å². The van der Waals surface area contributed by atoms with Crippen LogP contribution in [0, 0.1) is 5.92 Å². The van der Waals surface area contributed by atoms with Crippen molar-refractivity contribution in [3.05, 3.63) is 0 Å². The van der Waals surface area contributed by atoms with E-state index in [0.29, 0.717) is 5.92 Å². The van der Waals surface area contributed by atoms with Crippen molar-refractivity contribution in [1.29, 1.82) is 0 Å². The Morgan fingerprint density at radius 2 is 1.90 bits per heavy atom. The van der Waals surface area contributed by atoms with Crippen LogP contribution in [0.5, 0.6) is 0 Å². The molecule has 0 saturated carbocycles. The summed E-state index contributed by atoms with van der Waals surface area (Å²) in [7, 11) is 1.75. The highest BCUT2D eigenvalue weighted by molar-refractivity contribution is 4.69. The van der Waals surface area contributed by atoms with Gasteiger partial charge >= 0.3 is 0 Å². The van der Waals surface area contributed by atoms with Gasteiger partial charge in [0, 0.05) is 39.2 Å². The molecule has 10 heavy (non-hydrogen) atoms. The third-order valence-corrected chi connectivity index (χ3v) is 1.75. The lowest BCUT2D eigenvalue weighted by Crippen LogP contribution is -2.27. The molecule has 0 bridgehead atoms. The smallest absolute Gasteiger partial charge is 0.0514 e. The molecule has 0 spiro atoms. The Bertz CT molecular complexity index is 79.7. The first-order chi connectivity index (χ1) is 4.93. The molecule has 0 aromatic carbocycles. The van der Waals surface area contributed by atoms with Crippen LogP contribution in [0.3, 0.4) is 0 Å². The molecule has 0 aromatic heterocycles. The maximum absolute atomic E-state index is 5.06. The normalized spacial score (nSPS) is 22.5. The Hall–Kier alpha value is -0.120. The molecule has 0 amide bonds. The van der Waals surface area contributed by atoms with Crippen LogP contribution in [0.1, 0.15) is 0 Å². The van der Waals surface area contributed by atoms with Crippen molar-refractivity contribution in [2.45, 2.75) is 0 Å². The topological polar surface area (TPSA) is 33.3 Å². The molecule has 1 saturated heterocycles. The zero-order valence-electron chi connectivity index (χ0n) is 6.52. The van der Waals surface area contributed by atoms with Gasteiger partial charge in [-0.25, -0.2) is 0 Å². The Kier molecular flexibility index (Phi) is 3.72. The van der Waals surface area contributed by atoms with Gasteiger partial charge in [-0.15, -0.1) is 0 Å². The van der Waals surface area contributed by atoms with E-state index in [1.807, 2.05) is 0 Å². The Morgan fingerprint density at radius 1 is 1.30 bits per heavy atom. The van der Waals surface area contributed by atoms with Crippen molar-refractivity contribution in [3.8, 4) is 0 Å². The fraction of sp³-hybridized carbons (Fsp3) is 1.00. The van der Waals surface area contributed by atoms with E-state index in [9.17, 15) is 0 Å². The van der Waals surface area contributed by atoms with Crippen molar-refractivity contribution in [2.75, 3.05) is 39.9 Å². The summed E-state index contributed by atoms with van der Waals surface area (Å²) in [6.07, 6.45) is 0. The molecular weight excluding hydrogens is 128 g/mol. The molecule has 0 radical (unpaired) electrons. The van der Waals surface area contributed by atoms with Gasteiger partial charge in [0.25, 0.3) is 0 Å². The third-order valence-electron chi connectivity index (χ3n) is 1.75. The van der Waals surface area contributed by atoms with Crippen molar-refractivity contribution in [2.24, 2.45) is 5.92 Å². The van der Waals surface area contributed by atoms with E-state index < -0.39 is 0 Å². The second-order valence-corrected chi connectivity index (χ2v) is 2.73. The van der Waals surface area contributed by atoms with E-state index in [-0.39, 0.29) is 0 Å². The minimum absolute atomic E-state index is 0.646. The molecule has 1 heterocycles. The van der Waals surface area contributed by atoms with Gasteiger partial charge in [0.05, 0.1) is 6.61 Å². The van der Waals surface area contributed by atoms with E-state index in [0.717, 1.165) is 32.8 Å². The van der Waals surface area contributed by atoms with Crippen LogP contribution in [-0.2, 0) is 4.74 Å². The average molecular weight is 144 g/mol. The predicted octanol–water partition coefficient (Wildman–Crippen LogP) is -0.558. The Balaban J connectivity index is 2.15. The van der Waals surface area contributed by atoms with Gasteiger partial charge in [0.15, 0.2) is 0 Å². The largest absolute Gasteiger partial charge is 0.384 e. The fourth-order valence-electron chi connectivity index (χ4n) is 1.21. The number of methoxy groups -OCH3 is 1. The summed E-state index contributed by atoms with van der Waals surface area (Å²) in [6.45, 7) is 5.20. The fourth-order valence-corrected chi connectivity index (χ4v) is 1.21. The summed E-state index contributed by atoms with van der Waals surface area (Å²) in [5, 5.41) is 6.68. The van der Waals surface area contributed by atoms with E-state index >= 15 is 0 Å². The molecule has 1 fully saturated rings. The monoisotopic (exact) mass is 144 g/mol. The van der Waals surface area contributed by atoms with Gasteiger partial charge in [-0.1, -0.05) is 0 Å². The van der Waals surface area contributed by atoms with E-state index in [4.69, 9.17) is 4.74 Å². The second kappa shape index (κ2) is 4.66. The highest BCUT2D eigenvalue weighted by Crippen LogP contribution is 1.94. The van der Waals surface area contributed by atoms with E-state index in [1.165, 1.54) is 0 Å². The van der Waals surface area contributed by atoms with Crippen molar-refractivity contribution < 1.29 is 4.74 Å². The van der Waals surface area contributed by atoms with Gasteiger partial charge in [-0.05, 0) is 0 Å². The third kappa shape index (κ3) is 2.64. The SMILES string of the molecule is COCC1CNCCNC1. The van der Waals surface area contributed by atoms with Gasteiger partial charge < -0.3 is 15.4 Å². The number of hydrogen-bond acceptors (Lipinski definition) is 3. The first-order valence-corrected chi connectivity index (χ1v) is 3.84. The molecule has 0 atom stereocenters. The van der Waals surface area contributed by atoms with Crippen molar-refractivity contribution >= 4 is 0 Å². The van der Waals surface area contributed by atoms with Crippen LogP contribution in [0.15, 0.2) is 0 Å². The Labute approximate surface area is 62.1 Å². The number of hydrogen-bond donors (Lipinski definition) is 2. The average Bonchev–Trinajstić information content (AvgIpc) is 2.17. The first-order valence-electron chi connectivity index (χ1n) is 3.84. The van der Waals surface area contributed by atoms with Crippen molar-refractivity contribution in [1.82, 2.24) is 10.6 Å². The van der Waals surface area contributed by atoms with Crippen molar-refractivity contribution in [3.63, 3.8) is 0 Å². The summed E-state index contributed by atoms with van der Waals surface area (Å²) in [6, 6.07) is 0.